The van der Waals surface area contributed by atoms with E-state index in [0.29, 0.717) is 28.4 Å². The van der Waals surface area contributed by atoms with E-state index in [1.165, 1.54) is 39.8 Å². The first-order valence-electron chi connectivity index (χ1n) is 12.2. The molecule has 0 spiro atoms. The molecule has 1 saturated heterocycles. The summed E-state index contributed by atoms with van der Waals surface area (Å²) >= 11 is 1.14. The van der Waals surface area contributed by atoms with Crippen molar-refractivity contribution in [3.8, 4) is 10.8 Å². The van der Waals surface area contributed by atoms with Gasteiger partial charge in [-0.3, -0.25) is 14.2 Å². The number of likely N-dealkylation sites (tertiary alicyclic amines) is 1. The predicted molar refractivity (Wildman–Crippen MR) is 140 cm³/mol. The second kappa shape index (κ2) is 10.7. The Morgan fingerprint density at radius 3 is 2.62 bits per heavy atom. The summed E-state index contributed by atoms with van der Waals surface area (Å²) in [6, 6.07) is 2.50. The van der Waals surface area contributed by atoms with Gasteiger partial charge >= 0.3 is 5.69 Å². The van der Waals surface area contributed by atoms with Gasteiger partial charge in [0.25, 0.3) is 5.56 Å². The lowest BCUT2D eigenvalue weighted by atomic mass is 10.1. The molecule has 1 N–H and O–H groups in total. The van der Waals surface area contributed by atoms with Gasteiger partial charge in [-0.2, -0.15) is 10.2 Å². The molecule has 5 rings (SSSR count). The van der Waals surface area contributed by atoms with E-state index in [4.69, 9.17) is 9.47 Å². The second-order valence-corrected chi connectivity index (χ2v) is 10.2. The van der Waals surface area contributed by atoms with E-state index in [9.17, 15) is 23.9 Å². The monoisotopic (exact) mass is 558 g/mol. The van der Waals surface area contributed by atoms with Gasteiger partial charge < -0.3 is 19.5 Å². The minimum absolute atomic E-state index is 0.0898. The molecule has 0 aliphatic carbocycles. The van der Waals surface area contributed by atoms with Gasteiger partial charge in [-0.15, -0.1) is 4.80 Å². The first kappa shape index (κ1) is 26.7. The molecular weight excluding hydrogens is 531 g/mol. The summed E-state index contributed by atoms with van der Waals surface area (Å²) in [5, 5.41) is 19.7. The van der Waals surface area contributed by atoms with Gasteiger partial charge in [0.2, 0.25) is 5.91 Å². The number of aromatic hydroxyl groups is 1. The fraction of sp³-hybridized carbons (Fsp3) is 0.400. The van der Waals surface area contributed by atoms with Crippen molar-refractivity contribution in [1.82, 2.24) is 29.0 Å². The Morgan fingerprint density at radius 2 is 1.95 bits per heavy atom. The highest BCUT2D eigenvalue weighted by molar-refractivity contribution is 7.21. The summed E-state index contributed by atoms with van der Waals surface area (Å²) < 4.78 is 27.6. The zero-order valence-electron chi connectivity index (χ0n) is 21.5. The topological polar surface area (TPSA) is 134 Å². The van der Waals surface area contributed by atoms with Crippen LogP contribution in [0, 0.1) is 12.7 Å². The Hall–Kier alpha value is -3.88. The minimum Gasteiger partial charge on any atom is -0.508 e. The molecule has 3 aromatic heterocycles. The fourth-order valence-corrected chi connectivity index (χ4v) is 6.03. The highest BCUT2D eigenvalue weighted by Crippen LogP contribution is 2.34. The van der Waals surface area contributed by atoms with Gasteiger partial charge in [0.05, 0.1) is 37.5 Å². The van der Waals surface area contributed by atoms with E-state index >= 15 is 0 Å². The van der Waals surface area contributed by atoms with Crippen LogP contribution < -0.4 is 11.2 Å². The molecule has 2 atom stereocenters. The van der Waals surface area contributed by atoms with E-state index in [-0.39, 0.29) is 42.4 Å². The molecule has 206 valence electrons. The third kappa shape index (κ3) is 4.75. The number of methoxy groups -OCH3 is 1. The van der Waals surface area contributed by atoms with Crippen LogP contribution in [0.15, 0.2) is 40.2 Å². The maximum atomic E-state index is 14.2. The van der Waals surface area contributed by atoms with Gasteiger partial charge in [-0.25, -0.2) is 13.8 Å². The van der Waals surface area contributed by atoms with Crippen LogP contribution in [0.25, 0.3) is 15.2 Å². The normalized spacial score (nSPS) is 16.5. The van der Waals surface area contributed by atoms with Crippen molar-refractivity contribution in [2.24, 2.45) is 0 Å². The summed E-state index contributed by atoms with van der Waals surface area (Å²) in [5.41, 5.74) is -0.623. The van der Waals surface area contributed by atoms with Gasteiger partial charge in [-0.05, 0) is 31.5 Å². The molecule has 1 amide bonds. The van der Waals surface area contributed by atoms with E-state index in [2.05, 4.69) is 10.2 Å². The number of phenolic OH excluding ortho intramolecular Hbond substituents is 1. The Bertz CT molecular complexity index is 1650. The third-order valence-electron chi connectivity index (χ3n) is 6.82. The molecule has 1 aliphatic rings. The summed E-state index contributed by atoms with van der Waals surface area (Å²) in [5.74, 6) is -1.14. The first-order chi connectivity index (χ1) is 18.7. The number of nitrogens with zero attached hydrogens (tertiary/aromatic N) is 6. The van der Waals surface area contributed by atoms with E-state index in [1.807, 2.05) is 0 Å². The summed E-state index contributed by atoms with van der Waals surface area (Å²) in [6.45, 7) is 2.25. The van der Waals surface area contributed by atoms with E-state index < -0.39 is 29.2 Å². The Labute approximate surface area is 225 Å². The number of thiophene rings is 1. The smallest absolute Gasteiger partial charge is 0.332 e. The van der Waals surface area contributed by atoms with Crippen molar-refractivity contribution in [2.45, 2.75) is 32.0 Å². The molecule has 4 aromatic rings. The zero-order chi connectivity index (χ0) is 27.8. The first-order valence-corrected chi connectivity index (χ1v) is 13.0. The van der Waals surface area contributed by atoms with Gasteiger partial charge in [0.15, 0.2) is 0 Å². The SMILES string of the molecule is COCCO[C@@H](Cn1c(=O)n(C2CCN(C)C2=O)c(=O)c2c(C)c(-n3nccn3)sc21)c1cc(F)ccc1O. The number of fused-ring (bicyclic) bond motifs is 1. The number of aromatic nitrogens is 5. The molecular formula is C25H27FN6O6S. The molecule has 0 saturated carbocycles. The molecule has 1 aliphatic heterocycles. The fourth-order valence-electron chi connectivity index (χ4n) is 4.81. The molecule has 1 unspecified atom stereocenters. The van der Waals surface area contributed by atoms with Crippen molar-refractivity contribution >= 4 is 27.5 Å². The molecule has 0 bridgehead atoms. The maximum Gasteiger partial charge on any atom is 0.332 e. The minimum atomic E-state index is -0.988. The van der Waals surface area contributed by atoms with Gasteiger partial charge in [-0.1, -0.05) is 11.3 Å². The predicted octanol–water partition coefficient (Wildman–Crippen LogP) is 1.77. The number of amides is 1. The van der Waals surface area contributed by atoms with Crippen molar-refractivity contribution in [1.29, 1.82) is 0 Å². The highest BCUT2D eigenvalue weighted by atomic mass is 32.1. The van der Waals surface area contributed by atoms with E-state index in [1.54, 1.807) is 14.0 Å². The molecule has 1 fully saturated rings. The van der Waals surface area contributed by atoms with Crippen molar-refractivity contribution in [3.63, 3.8) is 0 Å². The number of halogens is 1. The average Bonchev–Trinajstić information content (AvgIpc) is 3.63. The number of rotatable bonds is 9. The molecule has 1 aromatic carbocycles. The Morgan fingerprint density at radius 1 is 1.21 bits per heavy atom. The Kier molecular flexibility index (Phi) is 7.34. The summed E-state index contributed by atoms with van der Waals surface area (Å²) in [7, 11) is 3.12. The number of aryl methyl sites for hydroxylation is 1. The second-order valence-electron chi connectivity index (χ2n) is 9.22. The number of likely N-dealkylation sites (N-methyl/N-ethyl adjacent to an activating group) is 1. The average molecular weight is 559 g/mol. The quantitative estimate of drug-likeness (QED) is 0.307. The number of carbonyl (C=O) groups excluding carboxylic acids is 1. The summed E-state index contributed by atoms with van der Waals surface area (Å²) in [6.07, 6.45) is 2.30. The van der Waals surface area contributed by atoms with Crippen LogP contribution in [0.5, 0.6) is 5.75 Å². The lowest BCUT2D eigenvalue weighted by Crippen LogP contribution is -2.44. The van der Waals surface area contributed by atoms with Crippen LogP contribution >= 0.6 is 11.3 Å². The van der Waals surface area contributed by atoms with Crippen molar-refractivity contribution in [3.05, 3.63) is 68.4 Å². The van der Waals surface area contributed by atoms with Crippen molar-refractivity contribution in [2.75, 3.05) is 33.9 Å². The molecule has 14 heteroatoms. The van der Waals surface area contributed by atoms with Crippen LogP contribution in [-0.2, 0) is 20.8 Å². The van der Waals surface area contributed by atoms with Gasteiger partial charge in [0.1, 0.15) is 33.5 Å². The van der Waals surface area contributed by atoms with Crippen LogP contribution in [-0.4, -0.2) is 74.0 Å². The number of benzene rings is 1. The number of hydrogen-bond donors (Lipinski definition) is 1. The van der Waals surface area contributed by atoms with Crippen molar-refractivity contribution < 1.29 is 23.8 Å². The highest BCUT2D eigenvalue weighted by Gasteiger charge is 2.35. The summed E-state index contributed by atoms with van der Waals surface area (Å²) in [4.78, 5) is 43.9. The molecule has 12 nitrogen and oxygen atoms in total. The largest absolute Gasteiger partial charge is 0.508 e. The molecule has 0 radical (unpaired) electrons. The molecule has 39 heavy (non-hydrogen) atoms. The third-order valence-corrected chi connectivity index (χ3v) is 8.10. The standard InChI is InChI=1S/C25H27FN6O6S/c1-14-20-22(35)31(17-6-9-29(2)21(17)34)25(36)30(24(20)39-23(14)32-27-7-8-28-32)13-19(38-11-10-37-3)16-12-15(26)4-5-18(16)33/h4-5,7-8,12,17,19,33H,6,9-11,13H2,1-3H3/t17?,19-/m0/s1. The van der Waals surface area contributed by atoms with Crippen LogP contribution in [0.2, 0.25) is 0 Å². The molecule has 4 heterocycles. The maximum absolute atomic E-state index is 14.2. The van der Waals surface area contributed by atoms with Crippen LogP contribution in [0.4, 0.5) is 4.39 Å². The van der Waals surface area contributed by atoms with Gasteiger partial charge in [0, 0.05) is 31.8 Å². The number of hydrogen-bond acceptors (Lipinski definition) is 9. The van der Waals surface area contributed by atoms with Crippen LogP contribution in [0.3, 0.4) is 0 Å². The van der Waals surface area contributed by atoms with Crippen LogP contribution in [0.1, 0.15) is 29.7 Å². The number of carbonyl (C=O) groups is 1. The number of ether oxygens (including phenoxy) is 2. The lowest BCUT2D eigenvalue weighted by molar-refractivity contribution is -0.129. The number of phenols is 1. The van der Waals surface area contributed by atoms with E-state index in [0.717, 1.165) is 28.0 Å². The zero-order valence-corrected chi connectivity index (χ0v) is 22.4. The lowest BCUT2D eigenvalue weighted by Gasteiger charge is -2.22. The Balaban J connectivity index is 1.74.